The van der Waals surface area contributed by atoms with Gasteiger partial charge in [-0.05, 0) is 127 Å². The fourth-order valence-corrected chi connectivity index (χ4v) is 8.92. The number of hydrogen-bond acceptors (Lipinski definition) is 7. The summed E-state index contributed by atoms with van der Waals surface area (Å²) in [6.45, 7) is 4.53. The lowest BCUT2D eigenvalue weighted by molar-refractivity contribution is -0.136. The first-order chi connectivity index (χ1) is 25.9. The van der Waals surface area contributed by atoms with Gasteiger partial charge >= 0.3 is 0 Å². The number of aryl methyl sites for hydroxylation is 1. The second-order valence-electron chi connectivity index (χ2n) is 15.0. The Hall–Kier alpha value is -5.15. The number of phenolic OH excluding ortho intramolecular Hbond substituents is 1. The van der Waals surface area contributed by atoms with Gasteiger partial charge in [0, 0.05) is 37.5 Å². The van der Waals surface area contributed by atoms with Gasteiger partial charge in [-0.25, -0.2) is 0 Å². The molecule has 2 N–H and O–H groups in total. The van der Waals surface area contributed by atoms with Crippen LogP contribution in [-0.2, 0) is 22.6 Å². The largest absolute Gasteiger partial charge is 0.508 e. The molecule has 2 saturated heterocycles. The summed E-state index contributed by atoms with van der Waals surface area (Å²) in [5.41, 5.74) is 6.59. The molecule has 274 valence electrons. The number of phenols is 1. The molecule has 2 fully saturated rings. The minimum absolute atomic E-state index is 0.172. The highest BCUT2D eigenvalue weighted by atomic mass is 16.5. The molecule has 9 heteroatoms. The Bertz CT molecular complexity index is 1960. The topological polar surface area (TPSA) is 108 Å². The van der Waals surface area contributed by atoms with Crippen LogP contribution in [0.2, 0.25) is 0 Å². The first-order valence-corrected chi connectivity index (χ1v) is 19.1. The molecule has 0 aromatic heterocycles. The third-order valence-corrected chi connectivity index (χ3v) is 11.6. The quantitative estimate of drug-likeness (QED) is 0.169. The average Bonchev–Trinajstić information content (AvgIpc) is 3.50. The molecule has 0 radical (unpaired) electrons. The van der Waals surface area contributed by atoms with E-state index in [-0.39, 0.29) is 24.2 Å². The van der Waals surface area contributed by atoms with E-state index in [1.54, 1.807) is 11.0 Å². The van der Waals surface area contributed by atoms with E-state index in [1.807, 2.05) is 24.3 Å². The number of imide groups is 1. The summed E-state index contributed by atoms with van der Waals surface area (Å²) in [5.74, 6) is 2.21. The number of piperidine rings is 2. The molecule has 0 bridgehead atoms. The average molecular weight is 714 g/mol. The molecule has 3 aliphatic heterocycles. The number of carbonyl (C=O) groups excluding carboxylic acids is 3. The SMILES string of the molecule is O=C1CC[C@H](N2Cc3cc(OCC[C@@H]4CCCN(CCOc5ccc([C@H]6c7ccc(O)cc7CC[C@H]6c6ccccc6)cc5)C4)ccc3C2=O)C(=O)N1. The van der Waals surface area contributed by atoms with Crippen molar-refractivity contribution < 1.29 is 29.0 Å². The second-order valence-corrected chi connectivity index (χ2v) is 15.0. The van der Waals surface area contributed by atoms with E-state index in [9.17, 15) is 19.5 Å². The van der Waals surface area contributed by atoms with E-state index in [2.05, 4.69) is 70.9 Å². The first kappa shape index (κ1) is 34.9. The van der Waals surface area contributed by atoms with Gasteiger partial charge in [0.2, 0.25) is 11.8 Å². The van der Waals surface area contributed by atoms with Crippen LogP contribution >= 0.6 is 0 Å². The van der Waals surface area contributed by atoms with E-state index in [1.165, 1.54) is 28.7 Å². The predicted molar refractivity (Wildman–Crippen MR) is 201 cm³/mol. The summed E-state index contributed by atoms with van der Waals surface area (Å²) < 4.78 is 12.4. The Morgan fingerprint density at radius 2 is 1.58 bits per heavy atom. The molecule has 4 atom stereocenters. The van der Waals surface area contributed by atoms with Gasteiger partial charge in [0.05, 0.1) is 6.61 Å². The number of likely N-dealkylation sites (tertiary alicyclic amines) is 1. The smallest absolute Gasteiger partial charge is 0.255 e. The zero-order valence-electron chi connectivity index (χ0n) is 30.0. The van der Waals surface area contributed by atoms with Gasteiger partial charge < -0.3 is 19.5 Å². The van der Waals surface area contributed by atoms with Crippen LogP contribution in [0.4, 0.5) is 0 Å². The summed E-state index contributed by atoms with van der Waals surface area (Å²) in [7, 11) is 0. The lowest BCUT2D eigenvalue weighted by atomic mass is 9.69. The zero-order valence-corrected chi connectivity index (χ0v) is 30.0. The number of ether oxygens (including phenoxy) is 2. The summed E-state index contributed by atoms with van der Waals surface area (Å²) in [4.78, 5) is 41.0. The van der Waals surface area contributed by atoms with E-state index in [4.69, 9.17) is 9.47 Å². The molecule has 0 unspecified atom stereocenters. The van der Waals surface area contributed by atoms with Crippen molar-refractivity contribution in [3.05, 3.63) is 124 Å². The van der Waals surface area contributed by atoms with Crippen LogP contribution in [0.25, 0.3) is 0 Å². The fourth-order valence-electron chi connectivity index (χ4n) is 8.92. The standard InChI is InChI=1S/C44H47N3O6/c48-34-11-16-38-32(25-34)10-15-37(30-6-2-1-3-7-30)42(38)31-8-12-35(13-9-31)53-24-22-46-21-4-5-29(27-46)20-23-52-36-14-17-39-33(26-36)28-47(44(39)51)40-18-19-41(49)45-43(40)50/h1-3,6-9,11-14,16-17,25-26,29,37,40,42,48H,4-5,10,15,18-24,27-28H2,(H,45,49,50)/t29-,37-,40-,42+/m0/s1. The summed E-state index contributed by atoms with van der Waals surface area (Å²) in [6, 6.07) is 30.2. The predicted octanol–water partition coefficient (Wildman–Crippen LogP) is 6.58. The highest BCUT2D eigenvalue weighted by molar-refractivity contribution is 6.05. The molecule has 4 aromatic carbocycles. The molecule has 8 rings (SSSR count). The van der Waals surface area contributed by atoms with Gasteiger partial charge in [-0.3, -0.25) is 24.6 Å². The monoisotopic (exact) mass is 713 g/mol. The number of nitrogens with zero attached hydrogens (tertiary/aromatic N) is 2. The maximum atomic E-state index is 13.0. The van der Waals surface area contributed by atoms with Crippen LogP contribution in [0, 0.1) is 5.92 Å². The van der Waals surface area contributed by atoms with Crippen molar-refractivity contribution in [3.63, 3.8) is 0 Å². The number of carbonyl (C=O) groups is 3. The molecule has 0 saturated carbocycles. The van der Waals surface area contributed by atoms with Gasteiger partial charge in [0.15, 0.2) is 0 Å². The Kier molecular flexibility index (Phi) is 10.2. The van der Waals surface area contributed by atoms with Crippen molar-refractivity contribution in [2.75, 3.05) is 32.8 Å². The van der Waals surface area contributed by atoms with Gasteiger partial charge in [-0.2, -0.15) is 0 Å². The molecule has 4 aliphatic rings. The van der Waals surface area contributed by atoms with Gasteiger partial charge in [-0.15, -0.1) is 0 Å². The van der Waals surface area contributed by atoms with Gasteiger partial charge in [0.1, 0.15) is 29.9 Å². The molecule has 3 heterocycles. The van der Waals surface area contributed by atoms with Crippen molar-refractivity contribution in [2.45, 2.75) is 69.4 Å². The van der Waals surface area contributed by atoms with Crippen molar-refractivity contribution in [3.8, 4) is 17.2 Å². The molecule has 1 aliphatic carbocycles. The molecule has 4 aromatic rings. The number of benzene rings is 4. The maximum absolute atomic E-state index is 13.0. The fraction of sp³-hybridized carbons (Fsp3) is 0.386. The third-order valence-electron chi connectivity index (χ3n) is 11.6. The van der Waals surface area contributed by atoms with Gasteiger partial charge in [-0.1, -0.05) is 48.5 Å². The summed E-state index contributed by atoms with van der Waals surface area (Å²) in [5, 5.41) is 12.5. The lowest BCUT2D eigenvalue weighted by Crippen LogP contribution is -2.52. The minimum Gasteiger partial charge on any atom is -0.508 e. The Morgan fingerprint density at radius 1 is 0.774 bits per heavy atom. The summed E-state index contributed by atoms with van der Waals surface area (Å²) >= 11 is 0. The van der Waals surface area contributed by atoms with Crippen LogP contribution in [0.1, 0.15) is 88.5 Å². The number of nitrogens with one attached hydrogen (secondary N) is 1. The second kappa shape index (κ2) is 15.4. The highest BCUT2D eigenvalue weighted by Gasteiger charge is 2.39. The molecule has 0 spiro atoms. The third kappa shape index (κ3) is 7.67. The van der Waals surface area contributed by atoms with Crippen molar-refractivity contribution >= 4 is 17.7 Å². The Morgan fingerprint density at radius 3 is 2.42 bits per heavy atom. The maximum Gasteiger partial charge on any atom is 0.255 e. The Labute approximate surface area is 310 Å². The van der Waals surface area contributed by atoms with E-state index in [0.717, 1.165) is 62.4 Å². The van der Waals surface area contributed by atoms with Crippen LogP contribution in [-0.4, -0.2) is 71.5 Å². The number of amides is 3. The number of fused-ring (bicyclic) bond motifs is 2. The Balaban J connectivity index is 0.811. The first-order valence-electron chi connectivity index (χ1n) is 19.1. The molecule has 9 nitrogen and oxygen atoms in total. The van der Waals surface area contributed by atoms with Crippen LogP contribution in [0.15, 0.2) is 91.0 Å². The lowest BCUT2D eigenvalue weighted by Gasteiger charge is -2.35. The number of aromatic hydroxyl groups is 1. The number of rotatable bonds is 11. The molecular formula is C44H47N3O6. The van der Waals surface area contributed by atoms with Crippen LogP contribution in [0.3, 0.4) is 0 Å². The molecule has 3 amide bonds. The van der Waals surface area contributed by atoms with Crippen molar-refractivity contribution in [1.29, 1.82) is 0 Å². The number of hydrogen-bond donors (Lipinski definition) is 2. The normalized spacial score (nSPS) is 22.9. The minimum atomic E-state index is -0.618. The van der Waals surface area contributed by atoms with Crippen molar-refractivity contribution in [2.24, 2.45) is 5.92 Å². The molecular weight excluding hydrogens is 666 g/mol. The van der Waals surface area contributed by atoms with Crippen LogP contribution < -0.4 is 14.8 Å². The zero-order chi connectivity index (χ0) is 36.3. The van der Waals surface area contributed by atoms with E-state index in [0.29, 0.717) is 49.3 Å². The van der Waals surface area contributed by atoms with Gasteiger partial charge in [0.25, 0.3) is 5.91 Å². The van der Waals surface area contributed by atoms with Crippen LogP contribution in [0.5, 0.6) is 17.2 Å². The van der Waals surface area contributed by atoms with Crippen molar-refractivity contribution in [1.82, 2.24) is 15.1 Å². The van der Waals surface area contributed by atoms with E-state index < -0.39 is 11.9 Å². The molecule has 53 heavy (non-hydrogen) atoms. The van der Waals surface area contributed by atoms with E-state index >= 15 is 0 Å². The summed E-state index contributed by atoms with van der Waals surface area (Å²) in [6.07, 6.45) is 5.87. The highest BCUT2D eigenvalue weighted by Crippen LogP contribution is 2.47.